The quantitative estimate of drug-likeness (QED) is 0.0505. The molecule has 4 amide bonds. The van der Waals surface area contributed by atoms with Crippen LogP contribution in [0.25, 0.3) is 79.7 Å². The van der Waals surface area contributed by atoms with Crippen molar-refractivity contribution in [2.75, 3.05) is 19.6 Å². The Bertz CT molecular complexity index is 7690. The summed E-state index contributed by atoms with van der Waals surface area (Å²) in [6.45, 7) is 13.6. The first-order chi connectivity index (χ1) is 69.2. The number of para-hydroxylation sites is 1. The van der Waals surface area contributed by atoms with Gasteiger partial charge < -0.3 is 13.9 Å². The number of anilines is 4. The highest BCUT2D eigenvalue weighted by molar-refractivity contribution is 6.04. The molecule has 0 atom stereocenters. The molecule has 0 radical (unpaired) electrons. The second-order valence-corrected chi connectivity index (χ2v) is 35.1. The number of nitrogens with zero attached hydrogens (tertiary/aromatic N) is 22. The molecule has 16 aromatic rings. The molecular weight excluding hydrogens is 1970 g/mol. The molecule has 10 aromatic heterocycles. The van der Waals surface area contributed by atoms with Crippen molar-refractivity contribution in [2.45, 2.75) is 173 Å². The number of ether oxygens (including phenoxy) is 1. The predicted molar refractivity (Wildman–Crippen MR) is 531 cm³/mol. The standard InChI is InChI=1S/2C26H23F3N6O.C26H20F3N5O2.C25H17F6N5O2.4CH4/c1-15(2)23-20(5-4-10-30-23)24-31-13-18-12-22(36)34(25(18)32-24)14-17-6-8-19(9-7-17)35-16(3)11-21(33-35)26(27,28)29;1-15(2)23-20(5-4-10-30-23)24-31-13-18-12-22(36)34(25(18)32-24)14-17-6-8-19(9-7-17)35-21(26(27,28)29)11-16(3)33-35;1-15(35)19-5-3-4-6-20(19)23-30-12-18-11-22(36)34(25(18)32-23)13-16-7-9-17(10-8-16)24-31-21(14-33(24)2)26(27,28)29;1-35-13-19(24(26,27)28)33-22(35)15-8-6-14(7-9-15)12-36-20(37)10-16-11-32-21(34-23(16)36)17-4-2-3-5-18(17)38-25(29,30)31;;;;/h2*4-11,13,15H,12,14H2,1-3H3;3-10,12,14H,11,13H2,1-2H3;2-9,11,13H,10,12H2,1H3;4*1H4. The number of rotatable bonds is 20. The van der Waals surface area contributed by atoms with E-state index in [9.17, 15) is 89.8 Å². The van der Waals surface area contributed by atoms with Crippen LogP contribution in [0.3, 0.4) is 0 Å². The summed E-state index contributed by atoms with van der Waals surface area (Å²) in [7, 11) is 2.97. The number of hydrogen-bond donors (Lipinski definition) is 0. The molecule has 0 saturated carbocycles. The number of fused-ring (bicyclic) bond motifs is 4. The third kappa shape index (κ3) is 24.0. The van der Waals surface area contributed by atoms with Crippen molar-refractivity contribution in [2.24, 2.45) is 14.1 Å². The second-order valence-electron chi connectivity index (χ2n) is 35.1. The molecule has 14 heterocycles. The smallest absolute Gasteiger partial charge is 0.405 e. The average molecular weight is 2070 g/mol. The largest absolute Gasteiger partial charge is 0.573 e. The van der Waals surface area contributed by atoms with E-state index in [1.807, 2.05) is 52.0 Å². The van der Waals surface area contributed by atoms with Gasteiger partial charge in [-0.1, -0.05) is 167 Å². The summed E-state index contributed by atoms with van der Waals surface area (Å²) in [5.41, 5.74) is 8.83. The average Bonchev–Trinajstić information content (AvgIpc) is 1.64. The van der Waals surface area contributed by atoms with Crippen LogP contribution >= 0.6 is 0 Å². The number of hydrogen-bond acceptors (Lipinski definition) is 20. The van der Waals surface area contributed by atoms with E-state index < -0.39 is 59.6 Å². The van der Waals surface area contributed by atoms with Crippen LogP contribution in [0, 0.1) is 13.8 Å². The van der Waals surface area contributed by atoms with Crippen LogP contribution in [0.2, 0.25) is 0 Å². The number of Topliss-reactive ketones (excluding diaryl/α,β-unsaturated/α-hetero) is 1. The lowest BCUT2D eigenvalue weighted by Crippen LogP contribution is -2.26. The molecule has 4 aliphatic rings. The molecule has 4 aliphatic heterocycles. The number of aromatic nitrogens is 18. The molecule has 778 valence electrons. The van der Waals surface area contributed by atoms with Crippen LogP contribution in [-0.2, 0) is 110 Å². The number of ketones is 1. The van der Waals surface area contributed by atoms with E-state index in [1.54, 1.807) is 174 Å². The zero-order valence-electron chi connectivity index (χ0n) is 78.7. The summed E-state index contributed by atoms with van der Waals surface area (Å²) in [4.78, 5) is 122. The van der Waals surface area contributed by atoms with Crippen molar-refractivity contribution in [1.29, 1.82) is 0 Å². The van der Waals surface area contributed by atoms with Gasteiger partial charge in [0.25, 0.3) is 0 Å². The van der Waals surface area contributed by atoms with E-state index in [0.29, 0.717) is 85.3 Å². The summed E-state index contributed by atoms with van der Waals surface area (Å²) < 4.78 is 205. The Morgan fingerprint density at radius 2 is 0.707 bits per heavy atom. The number of alkyl halides is 15. The number of halogens is 15. The Morgan fingerprint density at radius 3 is 1.05 bits per heavy atom. The number of benzene rings is 6. The van der Waals surface area contributed by atoms with Crippen LogP contribution in [0.1, 0.15) is 177 Å². The molecule has 0 bridgehead atoms. The lowest BCUT2D eigenvalue weighted by atomic mass is 10.0. The summed E-state index contributed by atoms with van der Waals surface area (Å²) in [6, 6.07) is 48.7. The lowest BCUT2D eigenvalue weighted by molar-refractivity contribution is -0.274. The summed E-state index contributed by atoms with van der Waals surface area (Å²) in [6.07, 6.45) is -10.8. The van der Waals surface area contributed by atoms with E-state index in [0.717, 1.165) is 85.6 Å². The van der Waals surface area contributed by atoms with Crippen molar-refractivity contribution in [1.82, 2.24) is 88.5 Å². The zero-order valence-corrected chi connectivity index (χ0v) is 78.7. The topological polar surface area (TPSA) is 308 Å². The first-order valence-electron chi connectivity index (χ1n) is 45.1. The lowest BCUT2D eigenvalue weighted by Gasteiger charge is -2.18. The predicted octanol–water partition coefficient (Wildman–Crippen LogP) is 23.5. The van der Waals surface area contributed by atoms with Crippen molar-refractivity contribution in [3.63, 3.8) is 0 Å². The fourth-order valence-electron chi connectivity index (χ4n) is 16.9. The van der Waals surface area contributed by atoms with Gasteiger partial charge in [0.2, 0.25) is 23.6 Å². The first-order valence-corrected chi connectivity index (χ1v) is 45.1. The molecule has 6 aromatic carbocycles. The molecule has 28 nitrogen and oxygen atoms in total. The molecule has 0 aliphatic carbocycles. The monoisotopic (exact) mass is 2070 g/mol. The van der Waals surface area contributed by atoms with Crippen LogP contribution in [0.15, 0.2) is 232 Å². The van der Waals surface area contributed by atoms with Gasteiger partial charge in [-0.3, -0.25) is 53.5 Å². The molecule has 43 heteroatoms. The fraction of sp³-hybridized carbons (Fsp3) is 0.262. The Labute approximate surface area is 850 Å². The molecule has 0 fully saturated rings. The maximum absolute atomic E-state index is 13.4. The van der Waals surface area contributed by atoms with Crippen molar-refractivity contribution < 1.29 is 94.6 Å². The molecule has 0 unspecified atom stereocenters. The molecular formula is C107H99F15N22O6. The Balaban J connectivity index is 0.000000165. The van der Waals surface area contributed by atoms with E-state index in [1.165, 1.54) is 71.1 Å². The number of imidazole rings is 2. The SMILES string of the molecule is C.C.C.C.CC(=O)c1ccccc1-c1ncc2c(n1)N(Cc1ccc(-c3nc(C(F)(F)F)cn3C)cc1)C(=O)C2.Cc1cc(C(F)(F)F)n(-c2ccc(CN3C(=O)Cc4cnc(-c5cccnc5C(C)C)nc43)cc2)n1.Cc1cc(C(F)(F)F)nn1-c1ccc(CN2C(=O)Cc3cnc(-c4cccnc4C(C)C)nc32)cc1.Cn1cc(C(F)(F)F)nc1-c1ccc(CN2C(=O)Cc3cnc(-c4ccccc4OC(F)(F)F)nc32)cc1. The van der Waals surface area contributed by atoms with Gasteiger partial charge in [0.05, 0.1) is 85.9 Å². The third-order valence-corrected chi connectivity index (χ3v) is 23.9. The number of carbonyl (C=O) groups is 5. The fourth-order valence-corrected chi connectivity index (χ4v) is 16.9. The highest BCUT2D eigenvalue weighted by Crippen LogP contribution is 2.43. The van der Waals surface area contributed by atoms with Gasteiger partial charge in [-0.05, 0) is 128 Å². The van der Waals surface area contributed by atoms with E-state index in [2.05, 4.69) is 64.8 Å². The molecule has 20 rings (SSSR count). The highest BCUT2D eigenvalue weighted by atomic mass is 19.4. The Kier molecular flexibility index (Phi) is 32.4. The van der Waals surface area contributed by atoms with Gasteiger partial charge in [0.15, 0.2) is 46.2 Å². The van der Waals surface area contributed by atoms with Crippen LogP contribution in [0.4, 0.5) is 89.1 Å². The summed E-state index contributed by atoms with van der Waals surface area (Å²) in [5.74, 6) is 2.60. The number of carbonyl (C=O) groups excluding carboxylic acids is 5. The van der Waals surface area contributed by atoms with Gasteiger partial charge in [-0.2, -0.15) is 62.9 Å². The molecule has 0 spiro atoms. The zero-order chi connectivity index (χ0) is 104. The third-order valence-electron chi connectivity index (χ3n) is 23.9. The van der Waals surface area contributed by atoms with Gasteiger partial charge in [0, 0.05) is 125 Å². The first kappa shape index (κ1) is 110. The Morgan fingerprint density at radius 1 is 0.373 bits per heavy atom. The van der Waals surface area contributed by atoms with E-state index in [-0.39, 0.29) is 163 Å². The second kappa shape index (κ2) is 44.0. The van der Waals surface area contributed by atoms with Crippen molar-refractivity contribution >= 4 is 52.7 Å². The van der Waals surface area contributed by atoms with Crippen LogP contribution < -0.4 is 24.3 Å². The molecule has 0 N–H and O–H groups in total. The van der Waals surface area contributed by atoms with Gasteiger partial charge in [0.1, 0.15) is 46.4 Å². The Hall–Kier alpha value is -16.9. The molecule has 150 heavy (non-hydrogen) atoms. The summed E-state index contributed by atoms with van der Waals surface area (Å²) in [5, 5.41) is 7.68. The minimum atomic E-state index is -4.91. The van der Waals surface area contributed by atoms with Gasteiger partial charge in [-0.15, -0.1) is 13.2 Å². The maximum Gasteiger partial charge on any atom is 0.573 e. The van der Waals surface area contributed by atoms with Crippen molar-refractivity contribution in [3.8, 4) is 85.5 Å². The van der Waals surface area contributed by atoms with Crippen molar-refractivity contribution in [3.05, 3.63) is 327 Å². The van der Waals surface area contributed by atoms with E-state index >= 15 is 0 Å². The minimum absolute atomic E-state index is 0. The molecule has 0 saturated heterocycles. The normalized spacial score (nSPS) is 13.1. The highest BCUT2D eigenvalue weighted by Gasteiger charge is 2.42. The number of amides is 4. The van der Waals surface area contributed by atoms with Crippen LogP contribution in [0.5, 0.6) is 5.75 Å². The number of aryl methyl sites for hydroxylation is 4. The number of pyridine rings is 2. The minimum Gasteiger partial charge on any atom is -0.405 e. The van der Waals surface area contributed by atoms with E-state index in [4.69, 9.17) is 9.97 Å². The van der Waals surface area contributed by atoms with Crippen LogP contribution in [-0.4, -0.2) is 124 Å². The maximum atomic E-state index is 13.4. The van der Waals surface area contributed by atoms with Gasteiger partial charge in [-0.25, -0.2) is 59.2 Å². The van der Waals surface area contributed by atoms with Gasteiger partial charge >= 0.3 is 31.1 Å². The summed E-state index contributed by atoms with van der Waals surface area (Å²) >= 11 is 0.